The summed E-state index contributed by atoms with van der Waals surface area (Å²) >= 11 is 5.98. The molecule has 0 spiro atoms. The smallest absolute Gasteiger partial charge is 0.247 e. The first-order chi connectivity index (χ1) is 13.1. The van der Waals surface area contributed by atoms with Crippen LogP contribution in [0.25, 0.3) is 0 Å². The average Bonchev–Trinajstić information content (AvgIpc) is 2.68. The van der Waals surface area contributed by atoms with E-state index in [1.807, 2.05) is 56.3 Å². The molecule has 5 heteroatoms. The minimum atomic E-state index is -0.660. The van der Waals surface area contributed by atoms with E-state index in [9.17, 15) is 9.59 Å². The van der Waals surface area contributed by atoms with Gasteiger partial charge in [-0.05, 0) is 36.1 Å². The highest BCUT2D eigenvalue weighted by Gasteiger charge is 2.30. The van der Waals surface area contributed by atoms with Gasteiger partial charge in [0.1, 0.15) is 6.04 Å². The lowest BCUT2D eigenvalue weighted by Gasteiger charge is -2.31. The second-order valence-corrected chi connectivity index (χ2v) is 6.94. The molecule has 0 aliphatic heterocycles. The first-order valence-corrected chi connectivity index (χ1v) is 9.81. The van der Waals surface area contributed by atoms with Crippen LogP contribution in [-0.2, 0) is 16.1 Å². The van der Waals surface area contributed by atoms with Crippen LogP contribution in [0.15, 0.2) is 54.6 Å². The van der Waals surface area contributed by atoms with Gasteiger partial charge in [-0.3, -0.25) is 9.59 Å². The summed E-state index contributed by atoms with van der Waals surface area (Å²) in [6.45, 7) is 4.91. The van der Waals surface area contributed by atoms with Crippen LogP contribution < -0.4 is 5.32 Å². The van der Waals surface area contributed by atoms with E-state index in [1.54, 1.807) is 17.0 Å². The SMILES string of the molecule is CCCNC(=O)[C@H](c1ccccc1)N(Cc1ccc(Cl)cc1)C(=O)CCC. The number of nitrogens with zero attached hydrogens (tertiary/aromatic N) is 1. The summed E-state index contributed by atoms with van der Waals surface area (Å²) < 4.78 is 0. The molecular formula is C22H27ClN2O2. The number of hydrogen-bond donors (Lipinski definition) is 1. The zero-order valence-electron chi connectivity index (χ0n) is 16.0. The molecule has 0 bridgehead atoms. The number of carbonyl (C=O) groups is 2. The van der Waals surface area contributed by atoms with Crippen molar-refractivity contribution in [2.24, 2.45) is 0 Å². The van der Waals surface area contributed by atoms with E-state index in [2.05, 4.69) is 5.32 Å². The van der Waals surface area contributed by atoms with Crippen LogP contribution in [0.3, 0.4) is 0 Å². The van der Waals surface area contributed by atoms with Crippen LogP contribution in [-0.4, -0.2) is 23.3 Å². The molecule has 27 heavy (non-hydrogen) atoms. The van der Waals surface area contributed by atoms with Gasteiger partial charge in [0, 0.05) is 24.5 Å². The molecule has 0 radical (unpaired) electrons. The Kier molecular flexibility index (Phi) is 8.34. The summed E-state index contributed by atoms with van der Waals surface area (Å²) in [5, 5.41) is 3.59. The van der Waals surface area contributed by atoms with Crippen LogP contribution in [0.1, 0.15) is 50.3 Å². The van der Waals surface area contributed by atoms with E-state index in [-0.39, 0.29) is 11.8 Å². The highest BCUT2D eigenvalue weighted by Crippen LogP contribution is 2.25. The lowest BCUT2D eigenvalue weighted by molar-refractivity contribution is -0.141. The lowest BCUT2D eigenvalue weighted by atomic mass is 10.0. The van der Waals surface area contributed by atoms with Gasteiger partial charge in [0.05, 0.1) is 0 Å². The molecule has 0 fully saturated rings. The van der Waals surface area contributed by atoms with Gasteiger partial charge in [-0.2, -0.15) is 0 Å². The maximum absolute atomic E-state index is 13.0. The Bertz CT molecular complexity index is 732. The van der Waals surface area contributed by atoms with Crippen LogP contribution in [0, 0.1) is 0 Å². The summed E-state index contributed by atoms with van der Waals surface area (Å²) in [6, 6.07) is 16.2. The third kappa shape index (κ3) is 6.10. The van der Waals surface area contributed by atoms with Crippen LogP contribution in [0.4, 0.5) is 0 Å². The number of halogens is 1. The lowest BCUT2D eigenvalue weighted by Crippen LogP contribution is -2.43. The highest BCUT2D eigenvalue weighted by molar-refractivity contribution is 6.30. The van der Waals surface area contributed by atoms with Gasteiger partial charge in [-0.25, -0.2) is 0 Å². The van der Waals surface area contributed by atoms with Crippen molar-refractivity contribution in [1.29, 1.82) is 0 Å². The first-order valence-electron chi connectivity index (χ1n) is 9.43. The van der Waals surface area contributed by atoms with Crippen molar-refractivity contribution in [2.45, 2.75) is 45.7 Å². The molecule has 1 atom stereocenters. The maximum Gasteiger partial charge on any atom is 0.247 e. The van der Waals surface area contributed by atoms with Crippen LogP contribution >= 0.6 is 11.6 Å². The molecule has 1 N–H and O–H groups in total. The van der Waals surface area contributed by atoms with Crippen molar-refractivity contribution >= 4 is 23.4 Å². The second-order valence-electron chi connectivity index (χ2n) is 6.50. The predicted molar refractivity (Wildman–Crippen MR) is 109 cm³/mol. The Morgan fingerprint density at radius 1 is 1.00 bits per heavy atom. The van der Waals surface area contributed by atoms with Crippen LogP contribution in [0.2, 0.25) is 5.02 Å². The molecule has 0 saturated carbocycles. The summed E-state index contributed by atoms with van der Waals surface area (Å²) in [5.41, 5.74) is 1.75. The molecule has 0 aliphatic rings. The molecule has 0 unspecified atom stereocenters. The van der Waals surface area contributed by atoms with Crippen molar-refractivity contribution in [1.82, 2.24) is 10.2 Å². The topological polar surface area (TPSA) is 49.4 Å². The summed E-state index contributed by atoms with van der Waals surface area (Å²) in [4.78, 5) is 27.6. The Balaban J connectivity index is 2.39. The average molecular weight is 387 g/mol. The third-order valence-corrected chi connectivity index (χ3v) is 4.53. The van der Waals surface area contributed by atoms with Crippen molar-refractivity contribution in [3.63, 3.8) is 0 Å². The van der Waals surface area contributed by atoms with E-state index in [1.165, 1.54) is 0 Å². The molecule has 0 aromatic heterocycles. The van der Waals surface area contributed by atoms with E-state index < -0.39 is 6.04 Å². The highest BCUT2D eigenvalue weighted by atomic mass is 35.5. The van der Waals surface area contributed by atoms with Gasteiger partial charge in [0.2, 0.25) is 11.8 Å². The van der Waals surface area contributed by atoms with Crippen molar-refractivity contribution < 1.29 is 9.59 Å². The number of rotatable bonds is 9. The minimum absolute atomic E-state index is 0.0343. The van der Waals surface area contributed by atoms with Gasteiger partial charge in [-0.1, -0.05) is 67.9 Å². The molecule has 4 nitrogen and oxygen atoms in total. The van der Waals surface area contributed by atoms with Crippen molar-refractivity contribution in [2.75, 3.05) is 6.54 Å². The van der Waals surface area contributed by atoms with E-state index in [4.69, 9.17) is 11.6 Å². The van der Waals surface area contributed by atoms with E-state index in [0.717, 1.165) is 24.0 Å². The molecule has 0 aliphatic carbocycles. The molecule has 2 aromatic carbocycles. The normalized spacial score (nSPS) is 11.7. The maximum atomic E-state index is 13.0. The number of hydrogen-bond acceptors (Lipinski definition) is 2. The number of carbonyl (C=O) groups excluding carboxylic acids is 2. The Morgan fingerprint density at radius 2 is 1.67 bits per heavy atom. The third-order valence-electron chi connectivity index (χ3n) is 4.27. The summed E-state index contributed by atoms with van der Waals surface area (Å²) in [7, 11) is 0. The molecule has 0 saturated heterocycles. The second kappa shape index (κ2) is 10.7. The Labute approximate surface area is 166 Å². The molecular weight excluding hydrogens is 360 g/mol. The van der Waals surface area contributed by atoms with Crippen molar-refractivity contribution in [3.8, 4) is 0 Å². The molecule has 144 valence electrons. The largest absolute Gasteiger partial charge is 0.354 e. The monoisotopic (exact) mass is 386 g/mol. The van der Waals surface area contributed by atoms with Gasteiger partial charge in [0.25, 0.3) is 0 Å². The number of nitrogens with one attached hydrogen (secondary N) is 1. The standard InChI is InChI=1S/C22H27ClN2O2/c1-3-8-20(26)25(16-17-11-13-19(23)14-12-17)21(22(27)24-15-4-2)18-9-6-5-7-10-18/h5-7,9-14,21H,3-4,8,15-16H2,1-2H3,(H,24,27)/t21-/m0/s1. The van der Waals surface area contributed by atoms with E-state index >= 15 is 0 Å². The quantitative estimate of drug-likeness (QED) is 0.676. The molecule has 2 aromatic rings. The van der Waals surface area contributed by atoms with Gasteiger partial charge >= 0.3 is 0 Å². The fraction of sp³-hybridized carbons (Fsp3) is 0.364. The zero-order valence-corrected chi connectivity index (χ0v) is 16.7. The predicted octanol–water partition coefficient (Wildman–Crippen LogP) is 4.74. The fourth-order valence-electron chi connectivity index (χ4n) is 2.92. The summed E-state index contributed by atoms with van der Waals surface area (Å²) in [6.07, 6.45) is 1.97. The van der Waals surface area contributed by atoms with E-state index in [0.29, 0.717) is 24.5 Å². The van der Waals surface area contributed by atoms with Crippen LogP contribution in [0.5, 0.6) is 0 Å². The molecule has 2 amide bonds. The number of benzene rings is 2. The first kappa shape index (κ1) is 21.0. The minimum Gasteiger partial charge on any atom is -0.354 e. The molecule has 0 heterocycles. The zero-order chi connectivity index (χ0) is 19.6. The Hall–Kier alpha value is -2.33. The van der Waals surface area contributed by atoms with Gasteiger partial charge in [0.15, 0.2) is 0 Å². The number of amides is 2. The van der Waals surface area contributed by atoms with Crippen molar-refractivity contribution in [3.05, 3.63) is 70.7 Å². The van der Waals surface area contributed by atoms with Gasteiger partial charge in [-0.15, -0.1) is 0 Å². The molecule has 2 rings (SSSR count). The van der Waals surface area contributed by atoms with Gasteiger partial charge < -0.3 is 10.2 Å². The summed E-state index contributed by atoms with van der Waals surface area (Å²) in [5.74, 6) is -0.186. The fourth-order valence-corrected chi connectivity index (χ4v) is 3.05. The Morgan fingerprint density at radius 3 is 2.26 bits per heavy atom.